The lowest BCUT2D eigenvalue weighted by Crippen LogP contribution is -2.17. The molecule has 0 aliphatic heterocycles. The van der Waals surface area contributed by atoms with Crippen molar-refractivity contribution in [3.8, 4) is 11.1 Å². The number of nitrogens with one attached hydrogen (secondary N) is 1. The highest BCUT2D eigenvalue weighted by Gasteiger charge is 2.10. The Hall–Kier alpha value is -3.04. The second-order valence-corrected chi connectivity index (χ2v) is 6.43. The van der Waals surface area contributed by atoms with Crippen LogP contribution in [-0.4, -0.2) is 16.0 Å². The molecule has 2 aromatic carbocycles. The van der Waals surface area contributed by atoms with Gasteiger partial charge >= 0.3 is 0 Å². The van der Waals surface area contributed by atoms with E-state index in [1.807, 2.05) is 67.8 Å². The maximum atomic E-state index is 12.6. The Morgan fingerprint density at radius 1 is 1.12 bits per heavy atom. The van der Waals surface area contributed by atoms with Crippen molar-refractivity contribution in [3.05, 3.63) is 75.7 Å². The van der Waals surface area contributed by atoms with E-state index in [0.717, 1.165) is 39.3 Å². The van der Waals surface area contributed by atoms with Crippen LogP contribution in [0.4, 0.5) is 5.69 Å². The van der Waals surface area contributed by atoms with Crippen LogP contribution >= 0.6 is 11.8 Å². The minimum absolute atomic E-state index is 0.137. The highest BCUT2D eigenvalue weighted by Crippen LogP contribution is 2.20. The third kappa shape index (κ3) is 3.73. The predicted octanol–water partition coefficient (Wildman–Crippen LogP) is 4.11. The van der Waals surface area contributed by atoms with Crippen molar-refractivity contribution < 1.29 is 0 Å². The summed E-state index contributed by atoms with van der Waals surface area (Å²) in [6.45, 7) is 3.85. The molecule has 3 rings (SSSR count). The molecule has 5 nitrogen and oxygen atoms in total. The van der Waals surface area contributed by atoms with Crippen molar-refractivity contribution in [1.82, 2.24) is 9.78 Å². The van der Waals surface area contributed by atoms with Gasteiger partial charge in [0.25, 0.3) is 5.56 Å². The molecule has 0 atom stereocenters. The number of aliphatic imine (C=N–C) groups is 1. The first-order chi connectivity index (χ1) is 12.1. The Kier molecular flexibility index (Phi) is 4.87. The average Bonchev–Trinajstić information content (AvgIpc) is 2.90. The minimum Gasteiger partial charge on any atom is -0.295 e. The number of benzene rings is 2. The summed E-state index contributed by atoms with van der Waals surface area (Å²) in [4.78, 5) is 17.9. The van der Waals surface area contributed by atoms with Crippen molar-refractivity contribution in [2.24, 2.45) is 4.99 Å². The molecule has 6 heteroatoms. The van der Waals surface area contributed by atoms with Gasteiger partial charge in [-0.15, -0.1) is 0 Å². The van der Waals surface area contributed by atoms with Gasteiger partial charge in [-0.25, -0.2) is 4.68 Å². The van der Waals surface area contributed by atoms with Crippen LogP contribution < -0.4 is 5.56 Å². The fourth-order valence-electron chi connectivity index (χ4n) is 2.38. The van der Waals surface area contributed by atoms with Gasteiger partial charge in [0.15, 0.2) is 0 Å². The van der Waals surface area contributed by atoms with Crippen molar-refractivity contribution in [1.29, 1.82) is 5.26 Å². The Labute approximate surface area is 149 Å². The number of nitriles is 1. The lowest BCUT2D eigenvalue weighted by atomic mass is 10.2. The standard InChI is InChI=1S/C19H16N4OS/c1-13-3-7-16(8-4-13)23-19(24)18(14(2)22-23)11-21-15-5-9-17(10-6-15)25-12-20/h3-11,22H,1-2H3. The van der Waals surface area contributed by atoms with Gasteiger partial charge in [0, 0.05) is 16.8 Å². The fraction of sp³-hybridized carbons (Fsp3) is 0.105. The van der Waals surface area contributed by atoms with Crippen molar-refractivity contribution in [3.63, 3.8) is 0 Å². The molecule has 0 aliphatic carbocycles. The second kappa shape index (κ2) is 7.24. The summed E-state index contributed by atoms with van der Waals surface area (Å²) in [5.41, 5.74) is 3.80. The Morgan fingerprint density at radius 3 is 2.44 bits per heavy atom. The molecule has 1 heterocycles. The lowest BCUT2D eigenvalue weighted by molar-refractivity contribution is 0.835. The molecule has 1 aromatic heterocycles. The number of H-pyrrole nitrogens is 1. The first-order valence-electron chi connectivity index (χ1n) is 7.67. The zero-order valence-electron chi connectivity index (χ0n) is 13.9. The highest BCUT2D eigenvalue weighted by molar-refractivity contribution is 8.03. The topological polar surface area (TPSA) is 73.9 Å². The molecule has 0 bridgehead atoms. The molecule has 0 saturated heterocycles. The number of nitrogens with zero attached hydrogens (tertiary/aromatic N) is 3. The van der Waals surface area contributed by atoms with E-state index in [-0.39, 0.29) is 5.56 Å². The molecule has 0 saturated carbocycles. The number of hydrogen-bond donors (Lipinski definition) is 1. The van der Waals surface area contributed by atoms with Gasteiger partial charge < -0.3 is 0 Å². The smallest absolute Gasteiger partial charge is 0.280 e. The lowest BCUT2D eigenvalue weighted by Gasteiger charge is -2.01. The third-order valence-electron chi connectivity index (χ3n) is 3.75. The Balaban J connectivity index is 1.89. The van der Waals surface area contributed by atoms with Gasteiger partial charge in [-0.1, -0.05) is 17.7 Å². The molecule has 124 valence electrons. The normalized spacial score (nSPS) is 10.9. The van der Waals surface area contributed by atoms with Crippen LogP contribution in [0.25, 0.3) is 5.69 Å². The number of aryl methyl sites for hydroxylation is 2. The van der Waals surface area contributed by atoms with E-state index in [0.29, 0.717) is 5.56 Å². The number of aromatic nitrogens is 2. The Bertz CT molecular complexity index is 1010. The molecule has 25 heavy (non-hydrogen) atoms. The van der Waals surface area contributed by atoms with Crippen LogP contribution in [-0.2, 0) is 0 Å². The van der Waals surface area contributed by atoms with Crippen molar-refractivity contribution >= 4 is 23.7 Å². The molecule has 3 aromatic rings. The predicted molar refractivity (Wildman–Crippen MR) is 101 cm³/mol. The van der Waals surface area contributed by atoms with E-state index in [1.165, 1.54) is 4.68 Å². The van der Waals surface area contributed by atoms with E-state index in [1.54, 1.807) is 6.21 Å². The zero-order valence-corrected chi connectivity index (χ0v) is 14.7. The van der Waals surface area contributed by atoms with Crippen LogP contribution in [0.2, 0.25) is 0 Å². The molecular formula is C19H16N4OS. The summed E-state index contributed by atoms with van der Waals surface area (Å²) in [7, 11) is 0. The van der Waals surface area contributed by atoms with Crippen LogP contribution in [0, 0.1) is 24.5 Å². The van der Waals surface area contributed by atoms with Crippen LogP contribution in [0.5, 0.6) is 0 Å². The van der Waals surface area contributed by atoms with Gasteiger partial charge in [-0.05, 0) is 62.0 Å². The molecule has 0 aliphatic rings. The Morgan fingerprint density at radius 2 is 1.80 bits per heavy atom. The quantitative estimate of drug-likeness (QED) is 0.438. The maximum Gasteiger partial charge on any atom is 0.280 e. The molecule has 1 N–H and O–H groups in total. The summed E-state index contributed by atoms with van der Waals surface area (Å²) in [6.07, 6.45) is 1.57. The molecule has 0 spiro atoms. The summed E-state index contributed by atoms with van der Waals surface area (Å²) < 4.78 is 1.52. The van der Waals surface area contributed by atoms with Crippen LogP contribution in [0.1, 0.15) is 16.8 Å². The van der Waals surface area contributed by atoms with Gasteiger partial charge in [0.1, 0.15) is 5.40 Å². The van der Waals surface area contributed by atoms with Crippen molar-refractivity contribution in [2.75, 3.05) is 0 Å². The number of rotatable bonds is 4. The van der Waals surface area contributed by atoms with Gasteiger partial charge in [0.2, 0.25) is 0 Å². The monoisotopic (exact) mass is 348 g/mol. The number of thiocyanates is 1. The summed E-state index contributed by atoms with van der Waals surface area (Å²) >= 11 is 1.10. The van der Waals surface area contributed by atoms with E-state index < -0.39 is 0 Å². The second-order valence-electron chi connectivity index (χ2n) is 5.57. The average molecular weight is 348 g/mol. The van der Waals surface area contributed by atoms with Gasteiger partial charge in [-0.3, -0.25) is 14.9 Å². The molecule has 0 unspecified atom stereocenters. The summed E-state index contributed by atoms with van der Waals surface area (Å²) in [5.74, 6) is 0. The summed E-state index contributed by atoms with van der Waals surface area (Å²) in [5, 5.41) is 13.8. The van der Waals surface area contributed by atoms with Crippen LogP contribution in [0.15, 0.2) is 63.2 Å². The number of hydrogen-bond acceptors (Lipinski definition) is 4. The van der Waals surface area contributed by atoms with Gasteiger partial charge in [0.05, 0.1) is 16.9 Å². The van der Waals surface area contributed by atoms with E-state index in [4.69, 9.17) is 5.26 Å². The highest BCUT2D eigenvalue weighted by atomic mass is 32.2. The fourth-order valence-corrected chi connectivity index (χ4v) is 2.76. The SMILES string of the molecule is Cc1ccc(-n2[nH]c(C)c(C=Nc3ccc(SC#N)cc3)c2=O)cc1. The molecular weight excluding hydrogens is 332 g/mol. The van der Waals surface area contributed by atoms with E-state index >= 15 is 0 Å². The van der Waals surface area contributed by atoms with Gasteiger partial charge in [-0.2, -0.15) is 5.26 Å². The molecule has 0 radical (unpaired) electrons. The molecule has 0 fully saturated rings. The molecule has 0 amide bonds. The van der Waals surface area contributed by atoms with Crippen molar-refractivity contribution in [2.45, 2.75) is 18.7 Å². The first-order valence-corrected chi connectivity index (χ1v) is 8.49. The summed E-state index contributed by atoms with van der Waals surface area (Å²) in [6, 6.07) is 15.0. The van der Waals surface area contributed by atoms with E-state index in [9.17, 15) is 4.79 Å². The van der Waals surface area contributed by atoms with E-state index in [2.05, 4.69) is 10.1 Å². The first kappa shape index (κ1) is 16.8. The number of thioether (sulfide) groups is 1. The maximum absolute atomic E-state index is 12.6. The zero-order chi connectivity index (χ0) is 17.8. The number of aromatic amines is 1. The minimum atomic E-state index is -0.137. The largest absolute Gasteiger partial charge is 0.295 e. The van der Waals surface area contributed by atoms with Crippen LogP contribution in [0.3, 0.4) is 0 Å². The third-order valence-corrected chi connectivity index (χ3v) is 4.35.